The molecule has 220 valence electrons. The van der Waals surface area contributed by atoms with Crippen molar-refractivity contribution in [2.24, 2.45) is 11.8 Å². The summed E-state index contributed by atoms with van der Waals surface area (Å²) in [6.45, 7) is 11.0. The monoisotopic (exact) mass is 573 g/mol. The predicted octanol–water partition coefficient (Wildman–Crippen LogP) is 4.96. The lowest BCUT2D eigenvalue weighted by Crippen LogP contribution is -2.41. The standard InChI is InChI=1S/C30H43N3O6S/c1-8-27(35)33(7)25(19(3)4)17-26(39-21(6)34)29-32-24(18-40-29)28(36)31-23(15-20(5)30(37)38-9-2)16-22-13-11-10-12-14-22/h10-14,18-20,23,25-26H,8-9,15-17H2,1-7H3,(H,31,36)/t20-,23+,25+,26+/m0/s1. The van der Waals surface area contributed by atoms with E-state index in [1.54, 1.807) is 31.2 Å². The first kappa shape index (κ1) is 32.9. The minimum absolute atomic E-state index is 0.000912. The van der Waals surface area contributed by atoms with Crippen LogP contribution in [0.25, 0.3) is 0 Å². The molecule has 9 nitrogen and oxygen atoms in total. The Morgan fingerprint density at radius 3 is 2.30 bits per heavy atom. The van der Waals surface area contributed by atoms with Crippen molar-refractivity contribution in [1.29, 1.82) is 0 Å². The fourth-order valence-electron chi connectivity index (χ4n) is 4.63. The molecular formula is C30H43N3O6S. The molecule has 0 aliphatic rings. The van der Waals surface area contributed by atoms with Crippen molar-refractivity contribution in [2.45, 2.75) is 85.4 Å². The molecule has 10 heteroatoms. The summed E-state index contributed by atoms with van der Waals surface area (Å²) < 4.78 is 10.8. The first-order chi connectivity index (χ1) is 19.0. The van der Waals surface area contributed by atoms with Gasteiger partial charge in [0, 0.05) is 44.3 Å². The smallest absolute Gasteiger partial charge is 0.308 e. The van der Waals surface area contributed by atoms with Crippen molar-refractivity contribution >= 4 is 35.1 Å². The third-order valence-corrected chi connectivity index (χ3v) is 7.68. The van der Waals surface area contributed by atoms with Crippen LogP contribution in [0.15, 0.2) is 35.7 Å². The highest BCUT2D eigenvalue weighted by molar-refractivity contribution is 7.09. The van der Waals surface area contributed by atoms with Gasteiger partial charge in [0.05, 0.1) is 12.5 Å². The number of amides is 2. The van der Waals surface area contributed by atoms with E-state index in [2.05, 4.69) is 10.3 Å². The fourth-order valence-corrected chi connectivity index (χ4v) is 5.47. The molecule has 2 rings (SSSR count). The molecule has 0 unspecified atom stereocenters. The van der Waals surface area contributed by atoms with Crippen LogP contribution >= 0.6 is 11.3 Å². The molecule has 0 saturated heterocycles. The number of hydrogen-bond donors (Lipinski definition) is 1. The van der Waals surface area contributed by atoms with E-state index in [1.165, 1.54) is 18.3 Å². The Kier molecular flexibility index (Phi) is 13.3. The van der Waals surface area contributed by atoms with Crippen LogP contribution < -0.4 is 5.32 Å². The van der Waals surface area contributed by atoms with E-state index in [9.17, 15) is 19.2 Å². The highest BCUT2D eigenvalue weighted by atomic mass is 32.1. The van der Waals surface area contributed by atoms with Gasteiger partial charge in [0.1, 0.15) is 10.7 Å². The van der Waals surface area contributed by atoms with Crippen LogP contribution in [0.4, 0.5) is 0 Å². The number of esters is 2. The first-order valence-corrected chi connectivity index (χ1v) is 14.7. The third kappa shape index (κ3) is 10.0. The molecule has 0 bridgehead atoms. The molecule has 2 amide bonds. The number of nitrogens with one attached hydrogen (secondary N) is 1. The zero-order chi connectivity index (χ0) is 29.8. The molecule has 4 atom stereocenters. The average Bonchev–Trinajstić information content (AvgIpc) is 3.41. The van der Waals surface area contributed by atoms with Gasteiger partial charge in [-0.2, -0.15) is 0 Å². The summed E-state index contributed by atoms with van der Waals surface area (Å²) in [5, 5.41) is 5.17. The van der Waals surface area contributed by atoms with Gasteiger partial charge in [-0.25, -0.2) is 4.98 Å². The van der Waals surface area contributed by atoms with Gasteiger partial charge in [0.2, 0.25) is 5.91 Å². The second-order valence-electron chi connectivity index (χ2n) is 10.3. The molecule has 0 fully saturated rings. The third-order valence-electron chi connectivity index (χ3n) is 6.74. The Balaban J connectivity index is 2.25. The van der Waals surface area contributed by atoms with E-state index in [-0.39, 0.29) is 41.5 Å². The predicted molar refractivity (Wildman–Crippen MR) is 155 cm³/mol. The van der Waals surface area contributed by atoms with E-state index in [0.717, 1.165) is 5.56 Å². The number of aromatic nitrogens is 1. The van der Waals surface area contributed by atoms with E-state index >= 15 is 0 Å². The Morgan fingerprint density at radius 1 is 1.05 bits per heavy atom. The van der Waals surface area contributed by atoms with Gasteiger partial charge in [-0.05, 0) is 31.2 Å². The molecule has 0 radical (unpaired) electrons. The van der Waals surface area contributed by atoms with Gasteiger partial charge >= 0.3 is 11.9 Å². The second kappa shape index (κ2) is 16.1. The van der Waals surface area contributed by atoms with Gasteiger partial charge < -0.3 is 19.7 Å². The molecule has 1 heterocycles. The minimum atomic E-state index is -0.701. The number of rotatable bonds is 15. The summed E-state index contributed by atoms with van der Waals surface area (Å²) >= 11 is 1.24. The Labute approximate surface area is 241 Å². The van der Waals surface area contributed by atoms with Crippen LogP contribution in [0.1, 0.15) is 88.0 Å². The van der Waals surface area contributed by atoms with Crippen molar-refractivity contribution in [1.82, 2.24) is 15.2 Å². The SMILES string of the molecule is CCOC(=O)[C@@H](C)C[C@H](Cc1ccccc1)NC(=O)c1csc([C@@H](C[C@H](C(C)C)N(C)C(=O)CC)OC(C)=O)n1. The summed E-state index contributed by atoms with van der Waals surface area (Å²) in [5.41, 5.74) is 1.24. The molecule has 0 spiro atoms. The quantitative estimate of drug-likeness (QED) is 0.300. The van der Waals surface area contributed by atoms with Crippen LogP contribution in [0, 0.1) is 11.8 Å². The van der Waals surface area contributed by atoms with Crippen molar-refractivity contribution < 1.29 is 28.7 Å². The number of carbonyl (C=O) groups is 4. The number of carbonyl (C=O) groups excluding carboxylic acids is 4. The largest absolute Gasteiger partial charge is 0.466 e. The molecule has 0 aliphatic heterocycles. The molecule has 1 N–H and O–H groups in total. The highest BCUT2D eigenvalue weighted by Crippen LogP contribution is 2.30. The van der Waals surface area contributed by atoms with Gasteiger partial charge in [0.15, 0.2) is 6.10 Å². The summed E-state index contributed by atoms with van der Waals surface area (Å²) in [6, 6.07) is 9.23. The van der Waals surface area contributed by atoms with Crippen molar-refractivity contribution in [3.05, 3.63) is 52.0 Å². The molecule has 0 aliphatic carbocycles. The molecule has 1 aromatic carbocycles. The Morgan fingerprint density at radius 2 is 1.73 bits per heavy atom. The summed E-state index contributed by atoms with van der Waals surface area (Å²) in [5.74, 6) is -1.43. The topological polar surface area (TPSA) is 115 Å². The maximum Gasteiger partial charge on any atom is 0.308 e. The molecule has 40 heavy (non-hydrogen) atoms. The zero-order valence-corrected chi connectivity index (χ0v) is 25.5. The Bertz CT molecular complexity index is 1120. The lowest BCUT2D eigenvalue weighted by atomic mass is 9.96. The number of thiazole rings is 1. The fraction of sp³-hybridized carbons (Fsp3) is 0.567. The molecule has 2 aromatic rings. The van der Waals surface area contributed by atoms with Crippen LogP contribution in [0.2, 0.25) is 0 Å². The second-order valence-corrected chi connectivity index (χ2v) is 11.2. The van der Waals surface area contributed by atoms with E-state index in [1.807, 2.05) is 51.1 Å². The van der Waals surface area contributed by atoms with Crippen molar-refractivity contribution in [3.8, 4) is 0 Å². The number of benzene rings is 1. The van der Waals surface area contributed by atoms with E-state index < -0.39 is 18.0 Å². The van der Waals surface area contributed by atoms with Crippen LogP contribution in [0.5, 0.6) is 0 Å². The summed E-state index contributed by atoms with van der Waals surface area (Å²) in [4.78, 5) is 56.2. The van der Waals surface area contributed by atoms with Crippen LogP contribution in [0.3, 0.4) is 0 Å². The van der Waals surface area contributed by atoms with E-state index in [0.29, 0.717) is 37.3 Å². The van der Waals surface area contributed by atoms with Crippen LogP contribution in [-0.2, 0) is 30.3 Å². The lowest BCUT2D eigenvalue weighted by molar-refractivity contribution is -0.149. The van der Waals surface area contributed by atoms with Gasteiger partial charge in [-0.15, -0.1) is 11.3 Å². The average molecular weight is 574 g/mol. The van der Waals surface area contributed by atoms with Crippen LogP contribution in [-0.4, -0.2) is 59.4 Å². The zero-order valence-electron chi connectivity index (χ0n) is 24.6. The summed E-state index contributed by atoms with van der Waals surface area (Å²) in [6.07, 6.45) is 0.977. The van der Waals surface area contributed by atoms with Gasteiger partial charge in [-0.3, -0.25) is 19.2 Å². The van der Waals surface area contributed by atoms with Crippen molar-refractivity contribution in [2.75, 3.05) is 13.7 Å². The summed E-state index contributed by atoms with van der Waals surface area (Å²) in [7, 11) is 1.76. The maximum atomic E-state index is 13.3. The van der Waals surface area contributed by atoms with Gasteiger partial charge in [-0.1, -0.05) is 58.0 Å². The molecule has 1 aromatic heterocycles. The minimum Gasteiger partial charge on any atom is -0.466 e. The van der Waals surface area contributed by atoms with Crippen molar-refractivity contribution in [3.63, 3.8) is 0 Å². The number of ether oxygens (including phenoxy) is 2. The molecular weight excluding hydrogens is 530 g/mol. The maximum absolute atomic E-state index is 13.3. The Hall–Kier alpha value is -3.27. The van der Waals surface area contributed by atoms with E-state index in [4.69, 9.17) is 9.47 Å². The number of nitrogens with zero attached hydrogens (tertiary/aromatic N) is 2. The normalized spacial score (nSPS) is 14.1. The van der Waals surface area contributed by atoms with Gasteiger partial charge in [0.25, 0.3) is 5.91 Å². The lowest BCUT2D eigenvalue weighted by Gasteiger charge is -2.33. The molecule has 0 saturated carbocycles. The number of hydrogen-bond acceptors (Lipinski definition) is 8. The highest BCUT2D eigenvalue weighted by Gasteiger charge is 2.30. The first-order valence-electron chi connectivity index (χ1n) is 13.9.